The molecule has 1 unspecified atom stereocenters. The highest BCUT2D eigenvalue weighted by Gasteiger charge is 2.35. The second-order valence-corrected chi connectivity index (χ2v) is 9.94. The number of pyridine rings is 1. The van der Waals surface area contributed by atoms with Crippen molar-refractivity contribution in [3.8, 4) is 5.75 Å². The first-order valence-electron chi connectivity index (χ1n) is 13.1. The Balaban J connectivity index is 1.66. The molecule has 1 saturated heterocycles. The number of hydrogen-bond donors (Lipinski definition) is 2. The fraction of sp³-hybridized carbons (Fsp3) is 0.433. The molecule has 2 N–H and O–H groups in total. The lowest BCUT2D eigenvalue weighted by Gasteiger charge is -2.48. The quantitative estimate of drug-likeness (QED) is 0.422. The summed E-state index contributed by atoms with van der Waals surface area (Å²) < 4.78 is 0. The van der Waals surface area contributed by atoms with Crippen LogP contribution in [0.3, 0.4) is 0 Å². The fourth-order valence-electron chi connectivity index (χ4n) is 5.47. The minimum atomic E-state index is -0.640. The number of phenols is 1. The van der Waals surface area contributed by atoms with Crippen molar-refractivity contribution in [1.82, 2.24) is 19.7 Å². The lowest BCUT2D eigenvalue weighted by atomic mass is 9.92. The summed E-state index contributed by atoms with van der Waals surface area (Å²) in [7, 11) is 0. The minimum absolute atomic E-state index is 0.0264. The smallest absolute Gasteiger partial charge is 0.133 e. The monoisotopic (exact) mass is 488 g/mol. The summed E-state index contributed by atoms with van der Waals surface area (Å²) in [6.45, 7) is 13.0. The molecule has 192 valence electrons. The first kappa shape index (κ1) is 26.3. The highest BCUT2D eigenvalue weighted by atomic mass is 16.3. The van der Waals surface area contributed by atoms with Gasteiger partial charge in [0, 0.05) is 44.1 Å². The molecule has 3 aromatic rings. The van der Waals surface area contributed by atoms with Crippen molar-refractivity contribution in [3.05, 3.63) is 95.3 Å². The average Bonchev–Trinajstić information content (AvgIpc) is 2.88. The number of rotatable bonds is 9. The van der Waals surface area contributed by atoms with Gasteiger partial charge in [-0.15, -0.1) is 0 Å². The van der Waals surface area contributed by atoms with Crippen molar-refractivity contribution in [3.63, 3.8) is 0 Å². The van der Waals surface area contributed by atoms with Crippen molar-refractivity contribution >= 4 is 0 Å². The number of aliphatic hydroxyl groups excluding tert-OH is 1. The van der Waals surface area contributed by atoms with Gasteiger partial charge in [0.25, 0.3) is 0 Å². The normalized spacial score (nSPS) is 20.9. The van der Waals surface area contributed by atoms with Gasteiger partial charge in [0.05, 0.1) is 6.04 Å². The first-order valence-corrected chi connectivity index (χ1v) is 13.1. The van der Waals surface area contributed by atoms with Gasteiger partial charge in [0.15, 0.2) is 0 Å². The molecule has 1 aliphatic heterocycles. The van der Waals surface area contributed by atoms with Crippen LogP contribution in [-0.4, -0.2) is 68.2 Å². The van der Waals surface area contributed by atoms with Crippen LogP contribution in [0.15, 0.2) is 73.1 Å². The van der Waals surface area contributed by atoms with Crippen LogP contribution < -0.4 is 0 Å². The molecule has 6 heteroatoms. The van der Waals surface area contributed by atoms with Gasteiger partial charge in [0.1, 0.15) is 12.0 Å². The molecule has 1 fully saturated rings. The molecule has 2 aromatic carbocycles. The number of aromatic hydroxyl groups is 1. The van der Waals surface area contributed by atoms with Crippen LogP contribution in [0.2, 0.25) is 0 Å². The largest absolute Gasteiger partial charge is 0.508 e. The number of phenolic OH excluding ortho intramolecular Hbond substituents is 1. The van der Waals surface area contributed by atoms with E-state index in [1.54, 1.807) is 6.07 Å². The topological polar surface area (TPSA) is 63.1 Å². The first-order chi connectivity index (χ1) is 17.4. The molecular weight excluding hydrogens is 448 g/mol. The Morgan fingerprint density at radius 3 is 2.19 bits per heavy atom. The van der Waals surface area contributed by atoms with Crippen LogP contribution in [0, 0.1) is 0 Å². The lowest BCUT2D eigenvalue weighted by molar-refractivity contribution is 0.00826. The predicted octanol–water partition coefficient (Wildman–Crippen LogP) is 4.80. The van der Waals surface area contributed by atoms with Crippen molar-refractivity contribution in [2.24, 2.45) is 0 Å². The van der Waals surface area contributed by atoms with Gasteiger partial charge in [-0.25, -0.2) is 0 Å². The SMILES string of the molecule is CCN(CC)C(O)c1cccc([C@H](c2cccc(O)c2)N2C[C@@H](C)N(Cc3ccncc3)C[C@@H]2C)c1. The van der Waals surface area contributed by atoms with Crippen LogP contribution in [-0.2, 0) is 6.54 Å². The molecule has 0 radical (unpaired) electrons. The second-order valence-electron chi connectivity index (χ2n) is 9.94. The molecule has 0 spiro atoms. The van der Waals surface area contributed by atoms with E-state index in [0.29, 0.717) is 12.1 Å². The maximum atomic E-state index is 11.0. The van der Waals surface area contributed by atoms with Gasteiger partial charge in [-0.3, -0.25) is 19.7 Å². The maximum Gasteiger partial charge on any atom is 0.133 e. The average molecular weight is 489 g/mol. The highest BCUT2D eigenvalue weighted by molar-refractivity contribution is 5.38. The van der Waals surface area contributed by atoms with Gasteiger partial charge in [-0.2, -0.15) is 0 Å². The fourth-order valence-corrected chi connectivity index (χ4v) is 5.47. The Morgan fingerprint density at radius 1 is 0.889 bits per heavy atom. The van der Waals surface area contributed by atoms with Gasteiger partial charge in [-0.05, 0) is 79.5 Å². The van der Waals surface area contributed by atoms with Gasteiger partial charge < -0.3 is 10.2 Å². The van der Waals surface area contributed by atoms with E-state index in [9.17, 15) is 10.2 Å². The summed E-state index contributed by atoms with van der Waals surface area (Å²) >= 11 is 0. The molecule has 0 amide bonds. The molecule has 1 aliphatic rings. The molecule has 2 heterocycles. The van der Waals surface area contributed by atoms with E-state index >= 15 is 0 Å². The number of hydrogen-bond acceptors (Lipinski definition) is 6. The number of aliphatic hydroxyl groups is 1. The van der Waals surface area contributed by atoms with E-state index in [0.717, 1.165) is 49.4 Å². The van der Waals surface area contributed by atoms with E-state index < -0.39 is 6.23 Å². The second kappa shape index (κ2) is 12.0. The lowest BCUT2D eigenvalue weighted by Crippen LogP contribution is -2.56. The number of nitrogens with zero attached hydrogens (tertiary/aromatic N) is 4. The zero-order valence-electron chi connectivity index (χ0n) is 22.0. The zero-order valence-corrected chi connectivity index (χ0v) is 22.0. The van der Waals surface area contributed by atoms with Gasteiger partial charge in [0.2, 0.25) is 0 Å². The van der Waals surface area contributed by atoms with E-state index in [1.165, 1.54) is 5.56 Å². The Morgan fingerprint density at radius 2 is 1.53 bits per heavy atom. The summed E-state index contributed by atoms with van der Waals surface area (Å²) in [4.78, 5) is 11.3. The van der Waals surface area contributed by atoms with Gasteiger partial charge >= 0.3 is 0 Å². The minimum Gasteiger partial charge on any atom is -0.508 e. The molecule has 6 nitrogen and oxygen atoms in total. The van der Waals surface area contributed by atoms with Crippen molar-refractivity contribution in [1.29, 1.82) is 0 Å². The molecular formula is C30H40N4O2. The molecule has 4 atom stereocenters. The summed E-state index contributed by atoms with van der Waals surface area (Å²) in [5, 5.41) is 21.4. The highest BCUT2D eigenvalue weighted by Crippen LogP contribution is 2.36. The Hall–Kier alpha value is -2.77. The number of benzene rings is 2. The Bertz CT molecular complexity index is 1100. The molecule has 0 aliphatic carbocycles. The molecule has 4 rings (SSSR count). The third kappa shape index (κ3) is 5.95. The van der Waals surface area contributed by atoms with Crippen LogP contribution in [0.5, 0.6) is 5.75 Å². The van der Waals surface area contributed by atoms with E-state index in [2.05, 4.69) is 72.8 Å². The number of aromatic nitrogens is 1. The third-order valence-electron chi connectivity index (χ3n) is 7.50. The molecule has 36 heavy (non-hydrogen) atoms. The molecule has 0 bridgehead atoms. The van der Waals surface area contributed by atoms with E-state index in [4.69, 9.17) is 0 Å². The Kier molecular flexibility index (Phi) is 8.75. The summed E-state index contributed by atoms with van der Waals surface area (Å²) in [6, 6.07) is 20.7. The zero-order chi connectivity index (χ0) is 25.7. The summed E-state index contributed by atoms with van der Waals surface area (Å²) in [6.07, 6.45) is 3.08. The van der Waals surface area contributed by atoms with Crippen LogP contribution >= 0.6 is 0 Å². The maximum absolute atomic E-state index is 11.0. The molecule has 1 aromatic heterocycles. The van der Waals surface area contributed by atoms with Crippen molar-refractivity contribution in [2.45, 2.75) is 58.6 Å². The molecule has 0 saturated carbocycles. The van der Waals surface area contributed by atoms with Gasteiger partial charge in [-0.1, -0.05) is 44.2 Å². The van der Waals surface area contributed by atoms with Crippen molar-refractivity contribution < 1.29 is 10.2 Å². The summed E-state index contributed by atoms with van der Waals surface area (Å²) in [5.41, 5.74) is 4.37. The van der Waals surface area contributed by atoms with E-state index in [1.807, 2.05) is 41.6 Å². The van der Waals surface area contributed by atoms with Crippen LogP contribution in [0.4, 0.5) is 0 Å². The van der Waals surface area contributed by atoms with E-state index in [-0.39, 0.29) is 11.8 Å². The standard InChI is InChI=1S/C30H40N4O2/c1-5-32(6-2)30(36)27-11-7-9-25(17-27)29(26-10-8-12-28(35)18-26)34-20-22(3)33(19-23(34)4)21-24-13-15-31-16-14-24/h7-18,22-23,29-30,35-36H,5-6,19-21H2,1-4H3/t22-,23+,29-,30?/m1/s1. The van der Waals surface area contributed by atoms with Crippen molar-refractivity contribution in [2.75, 3.05) is 26.2 Å². The number of piperazine rings is 1. The van der Waals surface area contributed by atoms with Crippen LogP contribution in [0.25, 0.3) is 0 Å². The summed E-state index contributed by atoms with van der Waals surface area (Å²) in [5.74, 6) is 0.272. The third-order valence-corrected chi connectivity index (χ3v) is 7.50. The Labute approximate surface area is 215 Å². The van der Waals surface area contributed by atoms with Crippen LogP contribution in [0.1, 0.15) is 62.2 Å². The predicted molar refractivity (Wildman–Crippen MR) is 145 cm³/mol.